The maximum atomic E-state index is 12.7. The first-order valence-corrected chi connectivity index (χ1v) is 8.34. The number of furan rings is 1. The van der Waals surface area contributed by atoms with Crippen LogP contribution in [0.3, 0.4) is 0 Å². The predicted molar refractivity (Wildman–Crippen MR) is 73.5 cm³/mol. The van der Waals surface area contributed by atoms with Crippen molar-refractivity contribution in [3.05, 3.63) is 23.9 Å². The van der Waals surface area contributed by atoms with E-state index >= 15 is 0 Å². The molecule has 2 aromatic heterocycles. The number of ether oxygens (including phenoxy) is 1. The van der Waals surface area contributed by atoms with Crippen LogP contribution in [-0.2, 0) is 14.8 Å². The molecule has 3 rings (SSSR count). The predicted octanol–water partition coefficient (Wildman–Crippen LogP) is 2.19. The van der Waals surface area contributed by atoms with Gasteiger partial charge in [0.1, 0.15) is 0 Å². The van der Waals surface area contributed by atoms with Crippen molar-refractivity contribution in [3.63, 3.8) is 0 Å². The molecule has 0 N–H and O–H groups in total. The first kappa shape index (κ1) is 17.0. The minimum absolute atomic E-state index is 0.120. The second kappa shape index (κ2) is 5.90. The summed E-state index contributed by atoms with van der Waals surface area (Å²) >= 11 is 0. The van der Waals surface area contributed by atoms with Gasteiger partial charge in [-0.25, -0.2) is 8.42 Å². The Kier molecular flexibility index (Phi) is 4.18. The maximum Gasteiger partial charge on any atom is 0.415 e. The quantitative estimate of drug-likeness (QED) is 0.828. The van der Waals surface area contributed by atoms with Crippen LogP contribution in [0, 0.1) is 6.92 Å². The lowest BCUT2D eigenvalue weighted by Gasteiger charge is -2.32. The SMILES string of the molecule is Cc1cc(-c2ccc(S(=O)(=O)N3CCO[C@@H](C(F)(F)F)C3)o2)on1. The molecule has 7 nitrogen and oxygen atoms in total. The molecule has 0 radical (unpaired) electrons. The Bertz CT molecular complexity index is 827. The van der Waals surface area contributed by atoms with Crippen molar-refractivity contribution in [3.8, 4) is 11.5 Å². The number of hydrogen-bond donors (Lipinski definition) is 0. The molecule has 24 heavy (non-hydrogen) atoms. The van der Waals surface area contributed by atoms with Crippen LogP contribution in [0.15, 0.2) is 32.2 Å². The average molecular weight is 366 g/mol. The Balaban J connectivity index is 1.84. The Hall–Kier alpha value is -1.85. The number of sulfonamides is 1. The summed E-state index contributed by atoms with van der Waals surface area (Å²) in [4.78, 5) is 0. The molecule has 0 bridgehead atoms. The highest BCUT2D eigenvalue weighted by atomic mass is 32.2. The highest BCUT2D eigenvalue weighted by molar-refractivity contribution is 7.89. The van der Waals surface area contributed by atoms with E-state index in [0.29, 0.717) is 10.00 Å². The Morgan fingerprint density at radius 2 is 2.04 bits per heavy atom. The summed E-state index contributed by atoms with van der Waals surface area (Å²) in [5.41, 5.74) is 0.576. The lowest BCUT2D eigenvalue weighted by molar-refractivity contribution is -0.231. The van der Waals surface area contributed by atoms with Crippen molar-refractivity contribution >= 4 is 10.0 Å². The lowest BCUT2D eigenvalue weighted by Crippen LogP contribution is -2.50. The van der Waals surface area contributed by atoms with Crippen molar-refractivity contribution in [2.45, 2.75) is 24.3 Å². The van der Waals surface area contributed by atoms with Crippen molar-refractivity contribution in [2.75, 3.05) is 19.7 Å². The zero-order valence-corrected chi connectivity index (χ0v) is 13.2. The number of rotatable bonds is 3. The van der Waals surface area contributed by atoms with Gasteiger partial charge in [0.05, 0.1) is 12.3 Å². The molecule has 132 valence electrons. The van der Waals surface area contributed by atoms with Gasteiger partial charge in [-0.05, 0) is 19.1 Å². The zero-order valence-electron chi connectivity index (χ0n) is 12.4. The normalized spacial score (nSPS) is 20.4. The standard InChI is InChI=1S/C13H13F3N2O5S/c1-8-6-10(23-17-8)9-2-3-12(22-9)24(19,20)18-4-5-21-11(7-18)13(14,15)16/h2-3,6,11H,4-5,7H2,1H3/t11-/m1/s1. The molecular weight excluding hydrogens is 353 g/mol. The first-order valence-electron chi connectivity index (χ1n) is 6.90. The zero-order chi connectivity index (χ0) is 17.5. The molecule has 0 aromatic carbocycles. The summed E-state index contributed by atoms with van der Waals surface area (Å²) in [6.07, 6.45) is -6.80. The highest BCUT2D eigenvalue weighted by Crippen LogP contribution is 2.30. The number of aryl methyl sites for hydroxylation is 1. The van der Waals surface area contributed by atoms with Crippen molar-refractivity contribution in [2.24, 2.45) is 0 Å². The van der Waals surface area contributed by atoms with Crippen LogP contribution >= 0.6 is 0 Å². The molecule has 0 amide bonds. The van der Waals surface area contributed by atoms with Gasteiger partial charge in [0.15, 0.2) is 11.9 Å². The minimum atomic E-state index is -4.64. The van der Waals surface area contributed by atoms with Crippen LogP contribution in [0.4, 0.5) is 13.2 Å². The molecule has 2 aromatic rings. The number of aromatic nitrogens is 1. The van der Waals surface area contributed by atoms with Gasteiger partial charge in [-0.2, -0.15) is 17.5 Å². The summed E-state index contributed by atoms with van der Waals surface area (Å²) in [6.45, 7) is 0.326. The van der Waals surface area contributed by atoms with Crippen LogP contribution < -0.4 is 0 Å². The smallest absolute Gasteiger partial charge is 0.415 e. The van der Waals surface area contributed by atoms with Gasteiger partial charge in [-0.3, -0.25) is 0 Å². The lowest BCUT2D eigenvalue weighted by atomic mass is 10.3. The van der Waals surface area contributed by atoms with Gasteiger partial charge in [0, 0.05) is 19.2 Å². The van der Waals surface area contributed by atoms with Gasteiger partial charge in [0.25, 0.3) is 10.0 Å². The van der Waals surface area contributed by atoms with Crippen LogP contribution in [0.5, 0.6) is 0 Å². The summed E-state index contributed by atoms with van der Waals surface area (Å²) in [7, 11) is -4.21. The highest BCUT2D eigenvalue weighted by Gasteiger charge is 2.46. The van der Waals surface area contributed by atoms with Gasteiger partial charge in [-0.15, -0.1) is 0 Å². The molecular formula is C13H13F3N2O5S. The van der Waals surface area contributed by atoms with Crippen LogP contribution in [-0.4, -0.2) is 49.9 Å². The molecule has 1 aliphatic heterocycles. The fraction of sp³-hybridized carbons (Fsp3) is 0.462. The molecule has 1 aliphatic rings. The van der Waals surface area contributed by atoms with E-state index in [0.717, 1.165) is 0 Å². The summed E-state index contributed by atoms with van der Waals surface area (Å²) in [6, 6.07) is 4.07. The second-order valence-corrected chi connectivity index (χ2v) is 7.08. The molecule has 1 atom stereocenters. The number of halogens is 3. The monoisotopic (exact) mass is 366 g/mol. The van der Waals surface area contributed by atoms with Crippen LogP contribution in [0.2, 0.25) is 0 Å². The fourth-order valence-electron chi connectivity index (χ4n) is 2.24. The molecule has 0 spiro atoms. The minimum Gasteiger partial charge on any atom is -0.440 e. The van der Waals surface area contributed by atoms with Crippen LogP contribution in [0.1, 0.15) is 5.69 Å². The van der Waals surface area contributed by atoms with E-state index in [1.165, 1.54) is 12.1 Å². The maximum absolute atomic E-state index is 12.7. The van der Waals surface area contributed by atoms with E-state index in [9.17, 15) is 21.6 Å². The Labute approximate surface area is 135 Å². The number of alkyl halides is 3. The second-order valence-electron chi connectivity index (χ2n) is 5.22. The average Bonchev–Trinajstić information content (AvgIpc) is 3.15. The molecule has 11 heteroatoms. The largest absolute Gasteiger partial charge is 0.440 e. The van der Waals surface area contributed by atoms with Crippen LogP contribution in [0.25, 0.3) is 11.5 Å². The molecule has 0 saturated carbocycles. The first-order chi connectivity index (χ1) is 11.2. The van der Waals surface area contributed by atoms with Crippen molar-refractivity contribution in [1.82, 2.24) is 9.46 Å². The number of nitrogens with zero attached hydrogens (tertiary/aromatic N) is 2. The molecule has 3 heterocycles. The van der Waals surface area contributed by atoms with Gasteiger partial charge >= 0.3 is 6.18 Å². The molecule has 1 saturated heterocycles. The number of hydrogen-bond acceptors (Lipinski definition) is 6. The number of morpholine rings is 1. The third kappa shape index (κ3) is 3.19. The van der Waals surface area contributed by atoms with E-state index in [1.807, 2.05) is 0 Å². The van der Waals surface area contributed by atoms with E-state index in [1.54, 1.807) is 13.0 Å². The Morgan fingerprint density at radius 3 is 2.67 bits per heavy atom. The summed E-state index contributed by atoms with van der Waals surface area (Å²) in [5.74, 6) is 0.346. The topological polar surface area (TPSA) is 85.8 Å². The van der Waals surface area contributed by atoms with E-state index in [4.69, 9.17) is 8.94 Å². The summed E-state index contributed by atoms with van der Waals surface area (Å²) in [5, 5.41) is 3.19. The fourth-order valence-corrected chi connectivity index (χ4v) is 3.58. The molecule has 0 aliphatic carbocycles. The summed E-state index contributed by atoms with van der Waals surface area (Å²) < 4.78 is 78.7. The molecule has 1 fully saturated rings. The van der Waals surface area contributed by atoms with E-state index < -0.39 is 33.9 Å². The van der Waals surface area contributed by atoms with E-state index in [-0.39, 0.29) is 24.7 Å². The van der Waals surface area contributed by atoms with Gasteiger partial charge in [-0.1, -0.05) is 5.16 Å². The third-order valence-corrected chi connectivity index (χ3v) is 5.18. The van der Waals surface area contributed by atoms with Crippen molar-refractivity contribution < 1.29 is 35.3 Å². The van der Waals surface area contributed by atoms with Crippen molar-refractivity contribution in [1.29, 1.82) is 0 Å². The molecule has 0 unspecified atom stereocenters. The van der Waals surface area contributed by atoms with Gasteiger partial charge in [0.2, 0.25) is 10.9 Å². The third-order valence-electron chi connectivity index (χ3n) is 3.44. The van der Waals surface area contributed by atoms with E-state index in [2.05, 4.69) is 9.89 Å². The van der Waals surface area contributed by atoms with Gasteiger partial charge < -0.3 is 13.7 Å². The Morgan fingerprint density at radius 1 is 1.29 bits per heavy atom.